The second-order valence-corrected chi connectivity index (χ2v) is 8.42. The summed E-state index contributed by atoms with van der Waals surface area (Å²) in [5.74, 6) is 0. The summed E-state index contributed by atoms with van der Waals surface area (Å²) in [4.78, 5) is 0.213. The molecule has 0 radical (unpaired) electrons. The first-order valence-electron chi connectivity index (χ1n) is 7.43. The molecule has 0 amide bonds. The average Bonchev–Trinajstić information content (AvgIpc) is 2.46. The number of hydrogen-bond donors (Lipinski definition) is 3. The van der Waals surface area contributed by atoms with E-state index in [1.54, 1.807) is 45.0 Å². The van der Waals surface area contributed by atoms with Crippen LogP contribution >= 0.6 is 12.2 Å². The zero-order chi connectivity index (χ0) is 17.8. The van der Waals surface area contributed by atoms with Crippen LogP contribution in [0.1, 0.15) is 20.8 Å². The SMILES string of the molecule is CC(C)(C)NS(=O)(=O)c1ccc(NC(=S)Nc2ccccc2)cc1. The molecule has 2 aromatic rings. The van der Waals surface area contributed by atoms with Crippen molar-refractivity contribution < 1.29 is 8.42 Å². The van der Waals surface area contributed by atoms with Crippen LogP contribution in [0.25, 0.3) is 0 Å². The zero-order valence-electron chi connectivity index (χ0n) is 13.8. The number of sulfonamides is 1. The minimum absolute atomic E-state index is 0.213. The summed E-state index contributed by atoms with van der Waals surface area (Å²) in [5, 5.41) is 6.51. The smallest absolute Gasteiger partial charge is 0.241 e. The maximum Gasteiger partial charge on any atom is 0.241 e. The first-order valence-corrected chi connectivity index (χ1v) is 9.32. The normalized spacial score (nSPS) is 11.8. The van der Waals surface area contributed by atoms with Crippen molar-refractivity contribution >= 4 is 38.7 Å². The lowest BCUT2D eigenvalue weighted by Gasteiger charge is -2.20. The maximum atomic E-state index is 12.3. The Morgan fingerprint density at radius 3 is 1.88 bits per heavy atom. The topological polar surface area (TPSA) is 70.2 Å². The summed E-state index contributed by atoms with van der Waals surface area (Å²) in [6, 6.07) is 16.0. The number of rotatable bonds is 4. The van der Waals surface area contributed by atoms with Crippen LogP contribution in [0.3, 0.4) is 0 Å². The van der Waals surface area contributed by atoms with Gasteiger partial charge in [-0.3, -0.25) is 0 Å². The van der Waals surface area contributed by atoms with E-state index >= 15 is 0 Å². The van der Waals surface area contributed by atoms with E-state index in [0.29, 0.717) is 10.8 Å². The van der Waals surface area contributed by atoms with Crippen LogP contribution in [-0.2, 0) is 10.0 Å². The Bertz CT molecular complexity index is 796. The van der Waals surface area contributed by atoms with Crippen LogP contribution < -0.4 is 15.4 Å². The van der Waals surface area contributed by atoms with Gasteiger partial charge in [0, 0.05) is 16.9 Å². The van der Waals surface area contributed by atoms with Crippen molar-refractivity contribution in [3.63, 3.8) is 0 Å². The lowest BCUT2D eigenvalue weighted by Crippen LogP contribution is -2.40. The fourth-order valence-electron chi connectivity index (χ4n) is 1.99. The molecule has 128 valence electrons. The molecule has 2 rings (SSSR count). The van der Waals surface area contributed by atoms with Gasteiger partial charge in [0.25, 0.3) is 0 Å². The van der Waals surface area contributed by atoms with Crippen LogP contribution in [0.15, 0.2) is 59.5 Å². The van der Waals surface area contributed by atoms with E-state index in [9.17, 15) is 8.42 Å². The Morgan fingerprint density at radius 1 is 0.875 bits per heavy atom. The molecule has 0 aliphatic rings. The van der Waals surface area contributed by atoms with Gasteiger partial charge in [-0.15, -0.1) is 0 Å². The Morgan fingerprint density at radius 2 is 1.38 bits per heavy atom. The molecule has 24 heavy (non-hydrogen) atoms. The minimum Gasteiger partial charge on any atom is -0.332 e. The van der Waals surface area contributed by atoms with E-state index in [0.717, 1.165) is 5.69 Å². The molecule has 0 atom stereocenters. The Labute approximate surface area is 148 Å². The molecule has 7 heteroatoms. The molecule has 3 N–H and O–H groups in total. The lowest BCUT2D eigenvalue weighted by atomic mass is 10.1. The molecule has 5 nitrogen and oxygen atoms in total. The van der Waals surface area contributed by atoms with Crippen LogP contribution in [0.5, 0.6) is 0 Å². The average molecular weight is 364 g/mol. The molecule has 0 unspecified atom stereocenters. The lowest BCUT2D eigenvalue weighted by molar-refractivity contribution is 0.491. The summed E-state index contributed by atoms with van der Waals surface area (Å²) < 4.78 is 27.1. The Kier molecular flexibility index (Phi) is 5.58. The summed E-state index contributed by atoms with van der Waals surface area (Å²) >= 11 is 5.24. The van der Waals surface area contributed by atoms with E-state index < -0.39 is 15.6 Å². The van der Waals surface area contributed by atoms with Crippen LogP contribution in [0.2, 0.25) is 0 Å². The van der Waals surface area contributed by atoms with E-state index in [4.69, 9.17) is 12.2 Å². The van der Waals surface area contributed by atoms with Crippen molar-refractivity contribution in [2.45, 2.75) is 31.2 Å². The first kappa shape index (κ1) is 18.4. The summed E-state index contributed by atoms with van der Waals surface area (Å²) in [7, 11) is -3.54. The zero-order valence-corrected chi connectivity index (χ0v) is 15.5. The summed E-state index contributed by atoms with van der Waals surface area (Å²) in [6.07, 6.45) is 0. The number of thiocarbonyl (C=S) groups is 1. The third-order valence-electron chi connectivity index (χ3n) is 2.89. The molecule has 2 aromatic carbocycles. The third-order valence-corrected chi connectivity index (χ3v) is 4.87. The summed E-state index contributed by atoms with van der Waals surface area (Å²) in [5.41, 5.74) is 1.05. The fourth-order valence-corrected chi connectivity index (χ4v) is 3.65. The van der Waals surface area contributed by atoms with Crippen molar-refractivity contribution in [3.05, 3.63) is 54.6 Å². The van der Waals surface area contributed by atoms with Crippen molar-refractivity contribution in [2.24, 2.45) is 0 Å². The van der Waals surface area contributed by atoms with E-state index in [1.807, 2.05) is 30.3 Å². The molecule has 0 aromatic heterocycles. The van der Waals surface area contributed by atoms with Gasteiger partial charge >= 0.3 is 0 Å². The van der Waals surface area contributed by atoms with Gasteiger partial charge in [0.2, 0.25) is 10.0 Å². The number of nitrogens with one attached hydrogen (secondary N) is 3. The van der Waals surface area contributed by atoms with Gasteiger partial charge in [0.15, 0.2) is 5.11 Å². The Balaban J connectivity index is 2.03. The van der Waals surface area contributed by atoms with Crippen LogP contribution in [0.4, 0.5) is 11.4 Å². The molecule has 0 saturated carbocycles. The summed E-state index contributed by atoms with van der Waals surface area (Å²) in [6.45, 7) is 5.40. The molecule has 0 heterocycles. The monoisotopic (exact) mass is 363 g/mol. The van der Waals surface area contributed by atoms with Crippen molar-refractivity contribution in [3.8, 4) is 0 Å². The van der Waals surface area contributed by atoms with Gasteiger partial charge in [-0.25, -0.2) is 13.1 Å². The highest BCUT2D eigenvalue weighted by molar-refractivity contribution is 7.89. The number of benzene rings is 2. The van der Waals surface area contributed by atoms with Crippen molar-refractivity contribution in [2.75, 3.05) is 10.6 Å². The Hall–Kier alpha value is -1.96. The van der Waals surface area contributed by atoms with Crippen molar-refractivity contribution in [1.29, 1.82) is 0 Å². The number of anilines is 2. The molecular weight excluding hydrogens is 342 g/mol. The second-order valence-electron chi connectivity index (χ2n) is 6.33. The highest BCUT2D eigenvalue weighted by Crippen LogP contribution is 2.16. The number of para-hydroxylation sites is 1. The molecule has 0 aliphatic heterocycles. The van der Waals surface area contributed by atoms with Gasteiger partial charge in [0.05, 0.1) is 4.90 Å². The van der Waals surface area contributed by atoms with Crippen LogP contribution in [0, 0.1) is 0 Å². The first-order chi connectivity index (χ1) is 11.2. The molecule has 0 bridgehead atoms. The van der Waals surface area contributed by atoms with Gasteiger partial charge in [-0.2, -0.15) is 0 Å². The standard InChI is InChI=1S/C17H21N3O2S2/c1-17(2,3)20-24(21,22)15-11-9-14(10-12-15)19-16(23)18-13-7-5-4-6-8-13/h4-12,20H,1-3H3,(H2,18,19,23). The van der Waals surface area contributed by atoms with Crippen molar-refractivity contribution in [1.82, 2.24) is 4.72 Å². The molecule has 0 saturated heterocycles. The predicted octanol–water partition coefficient (Wildman–Crippen LogP) is 3.57. The number of hydrogen-bond acceptors (Lipinski definition) is 3. The van der Waals surface area contributed by atoms with Gasteiger partial charge in [-0.1, -0.05) is 18.2 Å². The maximum absolute atomic E-state index is 12.3. The van der Waals surface area contributed by atoms with Gasteiger partial charge < -0.3 is 10.6 Å². The highest BCUT2D eigenvalue weighted by Gasteiger charge is 2.21. The molecule has 0 spiro atoms. The third kappa shape index (κ3) is 5.59. The molecule has 0 fully saturated rings. The van der Waals surface area contributed by atoms with E-state index in [2.05, 4.69) is 15.4 Å². The highest BCUT2D eigenvalue weighted by atomic mass is 32.2. The van der Waals surface area contributed by atoms with Gasteiger partial charge in [-0.05, 0) is 69.4 Å². The molecule has 0 aliphatic carbocycles. The van der Waals surface area contributed by atoms with E-state index in [-0.39, 0.29) is 4.90 Å². The van der Waals surface area contributed by atoms with Crippen LogP contribution in [-0.4, -0.2) is 19.1 Å². The van der Waals surface area contributed by atoms with E-state index in [1.165, 1.54) is 0 Å². The fraction of sp³-hybridized carbons (Fsp3) is 0.235. The van der Waals surface area contributed by atoms with Gasteiger partial charge in [0.1, 0.15) is 0 Å². The molecular formula is C17H21N3O2S2. The second kappa shape index (κ2) is 7.29. The quantitative estimate of drug-likeness (QED) is 0.725. The predicted molar refractivity (Wildman–Crippen MR) is 103 cm³/mol. The largest absolute Gasteiger partial charge is 0.332 e. The minimum atomic E-state index is -3.54.